The molecule has 0 aliphatic heterocycles. The van der Waals surface area contributed by atoms with Crippen molar-refractivity contribution in [1.29, 1.82) is 0 Å². The third-order valence-corrected chi connectivity index (χ3v) is 3.83. The zero-order valence-corrected chi connectivity index (χ0v) is 15.1. The molecule has 136 valence electrons. The lowest BCUT2D eigenvalue weighted by atomic mass is 10.2. The largest absolute Gasteiger partial charge is 0.338 e. The lowest BCUT2D eigenvalue weighted by molar-refractivity contribution is 0.187. The molecule has 25 heavy (non-hydrogen) atoms. The van der Waals surface area contributed by atoms with E-state index in [0.29, 0.717) is 26.2 Å². The second kappa shape index (κ2) is 9.17. The van der Waals surface area contributed by atoms with Crippen molar-refractivity contribution in [2.24, 2.45) is 0 Å². The fourth-order valence-corrected chi connectivity index (χ4v) is 2.43. The zero-order valence-electron chi connectivity index (χ0n) is 15.1. The molecule has 2 amide bonds. The van der Waals surface area contributed by atoms with E-state index >= 15 is 0 Å². The molecule has 2 rings (SSSR count). The Labute approximate surface area is 148 Å². The van der Waals surface area contributed by atoms with E-state index in [4.69, 9.17) is 0 Å². The molecule has 0 atom stereocenters. The fourth-order valence-electron chi connectivity index (χ4n) is 2.43. The summed E-state index contributed by atoms with van der Waals surface area (Å²) in [4.78, 5) is 20.5. The van der Waals surface area contributed by atoms with Crippen molar-refractivity contribution in [3.63, 3.8) is 0 Å². The summed E-state index contributed by atoms with van der Waals surface area (Å²) < 4.78 is 15.0. The molecule has 2 aromatic rings. The molecule has 6 nitrogen and oxygen atoms in total. The van der Waals surface area contributed by atoms with Crippen LogP contribution in [0, 0.1) is 5.82 Å². The van der Waals surface area contributed by atoms with Gasteiger partial charge in [0.05, 0.1) is 6.54 Å². The van der Waals surface area contributed by atoms with Crippen molar-refractivity contribution in [3.8, 4) is 0 Å². The standard InChI is InChI=1S/C18H26FN5O/c1-4-20-18(25)24(12-11-22(2)3)14-17-21-9-10-23(17)13-15-5-7-16(19)8-6-15/h5-10H,4,11-14H2,1-3H3,(H,20,25). The Balaban J connectivity index is 2.09. The van der Waals surface area contributed by atoms with Crippen molar-refractivity contribution in [2.75, 3.05) is 33.7 Å². The minimum atomic E-state index is -0.249. The van der Waals surface area contributed by atoms with E-state index < -0.39 is 0 Å². The fraction of sp³-hybridized carbons (Fsp3) is 0.444. The van der Waals surface area contributed by atoms with Gasteiger partial charge in [0, 0.05) is 38.6 Å². The van der Waals surface area contributed by atoms with Crippen LogP contribution in [-0.4, -0.2) is 59.1 Å². The van der Waals surface area contributed by atoms with Crippen molar-refractivity contribution >= 4 is 6.03 Å². The van der Waals surface area contributed by atoms with Crippen molar-refractivity contribution in [1.82, 2.24) is 24.7 Å². The molecule has 0 bridgehead atoms. The summed E-state index contributed by atoms with van der Waals surface area (Å²) in [6.45, 7) is 4.89. The van der Waals surface area contributed by atoms with Gasteiger partial charge in [0.15, 0.2) is 0 Å². The molecule has 1 aromatic carbocycles. The molecule has 1 aromatic heterocycles. The Morgan fingerprint density at radius 1 is 1.24 bits per heavy atom. The molecule has 0 aliphatic carbocycles. The lowest BCUT2D eigenvalue weighted by Crippen LogP contribution is -2.43. The van der Waals surface area contributed by atoms with Crippen LogP contribution in [0.4, 0.5) is 9.18 Å². The first kappa shape index (κ1) is 18.9. The smallest absolute Gasteiger partial charge is 0.317 e. The van der Waals surface area contributed by atoms with Crippen LogP contribution in [0.1, 0.15) is 18.3 Å². The summed E-state index contributed by atoms with van der Waals surface area (Å²) in [7, 11) is 3.96. The first-order valence-electron chi connectivity index (χ1n) is 8.41. The maximum absolute atomic E-state index is 13.1. The van der Waals surface area contributed by atoms with Gasteiger partial charge in [0.1, 0.15) is 11.6 Å². The van der Waals surface area contributed by atoms with E-state index in [1.54, 1.807) is 23.2 Å². The highest BCUT2D eigenvalue weighted by Gasteiger charge is 2.16. The zero-order chi connectivity index (χ0) is 18.2. The summed E-state index contributed by atoms with van der Waals surface area (Å²) in [5.74, 6) is 0.551. The highest BCUT2D eigenvalue weighted by molar-refractivity contribution is 5.74. The number of benzene rings is 1. The molecule has 0 aliphatic rings. The Kier molecular flexibility index (Phi) is 6.94. The summed E-state index contributed by atoms with van der Waals surface area (Å²) in [6.07, 6.45) is 3.60. The number of imidazole rings is 1. The summed E-state index contributed by atoms with van der Waals surface area (Å²) in [5, 5.41) is 2.85. The number of rotatable bonds is 8. The van der Waals surface area contributed by atoms with Gasteiger partial charge in [0.25, 0.3) is 0 Å². The normalized spacial score (nSPS) is 10.9. The van der Waals surface area contributed by atoms with Crippen LogP contribution < -0.4 is 5.32 Å². The molecular weight excluding hydrogens is 321 g/mol. The van der Waals surface area contributed by atoms with Gasteiger partial charge >= 0.3 is 6.03 Å². The maximum atomic E-state index is 13.1. The van der Waals surface area contributed by atoms with Gasteiger partial charge in [-0.3, -0.25) is 0 Å². The number of halogens is 1. The molecule has 0 fully saturated rings. The van der Waals surface area contributed by atoms with Gasteiger partial charge in [-0.2, -0.15) is 0 Å². The number of aromatic nitrogens is 2. The summed E-state index contributed by atoms with van der Waals surface area (Å²) in [5.41, 5.74) is 0.985. The van der Waals surface area contributed by atoms with Crippen LogP contribution in [0.25, 0.3) is 0 Å². The topological polar surface area (TPSA) is 53.4 Å². The molecule has 1 N–H and O–H groups in total. The number of likely N-dealkylation sites (N-methyl/N-ethyl adjacent to an activating group) is 1. The second-order valence-electron chi connectivity index (χ2n) is 6.16. The van der Waals surface area contributed by atoms with Gasteiger partial charge in [0.2, 0.25) is 0 Å². The van der Waals surface area contributed by atoms with E-state index in [0.717, 1.165) is 17.9 Å². The monoisotopic (exact) mass is 347 g/mol. The molecule has 1 heterocycles. The molecule has 0 saturated carbocycles. The predicted octanol–water partition coefficient (Wildman–Crippen LogP) is 2.16. The molecule has 0 unspecified atom stereocenters. The SMILES string of the molecule is CCNC(=O)N(CCN(C)C)Cc1nccn1Cc1ccc(F)cc1. The molecule has 0 spiro atoms. The van der Waals surface area contributed by atoms with Crippen LogP contribution in [0.3, 0.4) is 0 Å². The Morgan fingerprint density at radius 3 is 2.60 bits per heavy atom. The molecule has 0 saturated heterocycles. The van der Waals surface area contributed by atoms with Gasteiger partial charge in [-0.15, -0.1) is 0 Å². The number of carbonyl (C=O) groups excluding carboxylic acids is 1. The Bertz CT molecular complexity index is 668. The average molecular weight is 347 g/mol. The highest BCUT2D eigenvalue weighted by Crippen LogP contribution is 2.09. The van der Waals surface area contributed by atoms with E-state index in [1.165, 1.54) is 12.1 Å². The number of nitrogens with one attached hydrogen (secondary N) is 1. The molecule has 7 heteroatoms. The van der Waals surface area contributed by atoms with Crippen LogP contribution >= 0.6 is 0 Å². The third kappa shape index (κ3) is 5.86. The van der Waals surface area contributed by atoms with Crippen LogP contribution in [0.5, 0.6) is 0 Å². The second-order valence-corrected chi connectivity index (χ2v) is 6.16. The van der Waals surface area contributed by atoms with Gasteiger partial charge in [-0.05, 0) is 38.7 Å². The molecular formula is C18H26FN5O. The quantitative estimate of drug-likeness (QED) is 0.796. The summed E-state index contributed by atoms with van der Waals surface area (Å²) in [6, 6.07) is 6.31. The van der Waals surface area contributed by atoms with Crippen LogP contribution in [0.2, 0.25) is 0 Å². The van der Waals surface area contributed by atoms with Crippen LogP contribution in [0.15, 0.2) is 36.7 Å². The van der Waals surface area contributed by atoms with Crippen molar-refractivity contribution in [3.05, 3.63) is 53.9 Å². The number of carbonyl (C=O) groups is 1. The lowest BCUT2D eigenvalue weighted by Gasteiger charge is -2.24. The van der Waals surface area contributed by atoms with Crippen molar-refractivity contribution < 1.29 is 9.18 Å². The Hall–Kier alpha value is -2.41. The average Bonchev–Trinajstić information content (AvgIpc) is 3.00. The van der Waals surface area contributed by atoms with Crippen LogP contribution in [-0.2, 0) is 13.1 Å². The van der Waals surface area contributed by atoms with Gasteiger partial charge in [-0.1, -0.05) is 12.1 Å². The number of urea groups is 1. The number of nitrogens with zero attached hydrogens (tertiary/aromatic N) is 4. The minimum absolute atomic E-state index is 0.0966. The van der Waals surface area contributed by atoms with E-state index in [9.17, 15) is 9.18 Å². The Morgan fingerprint density at radius 2 is 1.96 bits per heavy atom. The summed E-state index contributed by atoms with van der Waals surface area (Å²) >= 11 is 0. The van der Waals surface area contributed by atoms with E-state index in [1.807, 2.05) is 36.7 Å². The minimum Gasteiger partial charge on any atom is -0.338 e. The third-order valence-electron chi connectivity index (χ3n) is 3.83. The first-order valence-corrected chi connectivity index (χ1v) is 8.41. The molecule has 0 radical (unpaired) electrons. The number of amides is 2. The van der Waals surface area contributed by atoms with Gasteiger partial charge in [-0.25, -0.2) is 14.2 Å². The highest BCUT2D eigenvalue weighted by atomic mass is 19.1. The number of hydrogen-bond donors (Lipinski definition) is 1. The predicted molar refractivity (Wildman–Crippen MR) is 95.8 cm³/mol. The van der Waals surface area contributed by atoms with Gasteiger partial charge < -0.3 is 19.7 Å². The number of hydrogen-bond acceptors (Lipinski definition) is 3. The van der Waals surface area contributed by atoms with E-state index in [2.05, 4.69) is 10.3 Å². The first-order chi connectivity index (χ1) is 12.0. The van der Waals surface area contributed by atoms with E-state index in [-0.39, 0.29) is 11.8 Å². The van der Waals surface area contributed by atoms with Crippen molar-refractivity contribution in [2.45, 2.75) is 20.0 Å². The maximum Gasteiger partial charge on any atom is 0.317 e.